The SMILES string of the molecule is Cc1cnn2c(N[C@H]3CC[C@H](N)C3)cc([C@H](C)C3CC3)nc12. The maximum atomic E-state index is 6.05. The molecule has 5 nitrogen and oxygen atoms in total. The van der Waals surface area contributed by atoms with Gasteiger partial charge in [-0.05, 0) is 44.9 Å². The maximum Gasteiger partial charge on any atom is 0.160 e. The van der Waals surface area contributed by atoms with Crippen LogP contribution in [0.4, 0.5) is 5.82 Å². The molecule has 0 spiro atoms. The van der Waals surface area contributed by atoms with Crippen LogP contribution in [0.5, 0.6) is 0 Å². The molecule has 2 aliphatic carbocycles. The van der Waals surface area contributed by atoms with E-state index in [-0.39, 0.29) is 0 Å². The van der Waals surface area contributed by atoms with Gasteiger partial charge in [-0.2, -0.15) is 9.61 Å². The Labute approximate surface area is 131 Å². The van der Waals surface area contributed by atoms with Crippen LogP contribution in [0, 0.1) is 12.8 Å². The van der Waals surface area contributed by atoms with Crippen molar-refractivity contribution < 1.29 is 0 Å². The Morgan fingerprint density at radius 1 is 1.32 bits per heavy atom. The highest BCUT2D eigenvalue weighted by atomic mass is 15.3. The van der Waals surface area contributed by atoms with Crippen molar-refractivity contribution in [2.45, 2.75) is 64.0 Å². The molecule has 2 aliphatic rings. The zero-order chi connectivity index (χ0) is 15.3. The average Bonchev–Trinajstić information content (AvgIpc) is 3.18. The smallest absolute Gasteiger partial charge is 0.160 e. The van der Waals surface area contributed by atoms with E-state index < -0.39 is 0 Å². The Hall–Kier alpha value is -1.62. The Bertz CT molecular complexity index is 688. The number of anilines is 1. The summed E-state index contributed by atoms with van der Waals surface area (Å²) < 4.78 is 1.95. The minimum absolute atomic E-state index is 0.332. The molecule has 0 radical (unpaired) electrons. The second-order valence-corrected chi connectivity index (χ2v) is 7.17. The second-order valence-electron chi connectivity index (χ2n) is 7.17. The highest BCUT2D eigenvalue weighted by molar-refractivity contribution is 5.54. The highest BCUT2D eigenvalue weighted by Crippen LogP contribution is 2.42. The molecule has 0 aliphatic heterocycles. The van der Waals surface area contributed by atoms with Gasteiger partial charge < -0.3 is 11.1 Å². The Morgan fingerprint density at radius 3 is 2.82 bits per heavy atom. The highest BCUT2D eigenvalue weighted by Gasteiger charge is 2.31. The third-order valence-electron chi connectivity index (χ3n) is 5.29. The van der Waals surface area contributed by atoms with Gasteiger partial charge in [-0.25, -0.2) is 4.98 Å². The molecule has 0 amide bonds. The lowest BCUT2D eigenvalue weighted by atomic mass is 10.0. The number of nitrogens with two attached hydrogens (primary N) is 1. The molecule has 2 heterocycles. The van der Waals surface area contributed by atoms with Crippen molar-refractivity contribution in [2.24, 2.45) is 11.7 Å². The Morgan fingerprint density at radius 2 is 2.14 bits per heavy atom. The lowest BCUT2D eigenvalue weighted by Gasteiger charge is -2.18. The quantitative estimate of drug-likeness (QED) is 0.911. The summed E-state index contributed by atoms with van der Waals surface area (Å²) in [6, 6.07) is 2.99. The van der Waals surface area contributed by atoms with Crippen LogP contribution < -0.4 is 11.1 Å². The number of aromatic nitrogens is 3. The third kappa shape index (κ3) is 2.47. The number of nitrogens with zero attached hydrogens (tertiary/aromatic N) is 3. The molecule has 3 N–H and O–H groups in total. The molecule has 0 aromatic carbocycles. The van der Waals surface area contributed by atoms with E-state index in [0.717, 1.165) is 42.2 Å². The number of aryl methyl sites for hydroxylation is 1. The number of rotatable bonds is 4. The summed E-state index contributed by atoms with van der Waals surface area (Å²) in [7, 11) is 0. The predicted molar refractivity (Wildman–Crippen MR) is 88.1 cm³/mol. The zero-order valence-electron chi connectivity index (χ0n) is 13.4. The molecule has 2 fully saturated rings. The molecule has 0 saturated heterocycles. The number of nitrogens with one attached hydrogen (secondary N) is 1. The fourth-order valence-corrected chi connectivity index (χ4v) is 3.62. The van der Waals surface area contributed by atoms with Gasteiger partial charge in [0.15, 0.2) is 5.65 Å². The van der Waals surface area contributed by atoms with Gasteiger partial charge in [-0.3, -0.25) is 0 Å². The zero-order valence-corrected chi connectivity index (χ0v) is 13.4. The van der Waals surface area contributed by atoms with E-state index in [1.165, 1.54) is 18.5 Å². The van der Waals surface area contributed by atoms with E-state index in [1.807, 2.05) is 10.7 Å². The van der Waals surface area contributed by atoms with E-state index in [2.05, 4.69) is 30.3 Å². The predicted octanol–water partition coefficient (Wildman–Crippen LogP) is 2.84. The first-order valence-electron chi connectivity index (χ1n) is 8.49. The van der Waals surface area contributed by atoms with Gasteiger partial charge in [-0.1, -0.05) is 6.92 Å². The summed E-state index contributed by atoms with van der Waals surface area (Å²) in [5, 5.41) is 8.16. The van der Waals surface area contributed by atoms with E-state index in [9.17, 15) is 0 Å². The molecule has 0 bridgehead atoms. The van der Waals surface area contributed by atoms with Crippen LogP contribution in [-0.4, -0.2) is 26.7 Å². The standard InChI is InChI=1S/C17H25N5/c1-10-9-19-22-16(20-14-6-5-13(18)7-14)8-15(21-17(10)22)11(2)12-3-4-12/h8-9,11-14,20H,3-7,18H2,1-2H3/t11-,13+,14+/m1/s1. The lowest BCUT2D eigenvalue weighted by molar-refractivity contribution is 0.641. The van der Waals surface area contributed by atoms with Gasteiger partial charge in [0, 0.05) is 35.3 Å². The van der Waals surface area contributed by atoms with Crippen molar-refractivity contribution in [1.82, 2.24) is 14.6 Å². The number of hydrogen-bond donors (Lipinski definition) is 2. The average molecular weight is 299 g/mol. The first-order valence-corrected chi connectivity index (χ1v) is 8.49. The molecular weight excluding hydrogens is 274 g/mol. The summed E-state index contributed by atoms with van der Waals surface area (Å²) in [5.74, 6) is 2.41. The van der Waals surface area contributed by atoms with Crippen LogP contribution in [0.15, 0.2) is 12.3 Å². The molecule has 0 unspecified atom stereocenters. The van der Waals surface area contributed by atoms with E-state index in [4.69, 9.17) is 10.7 Å². The maximum absolute atomic E-state index is 6.05. The third-order valence-corrected chi connectivity index (χ3v) is 5.29. The first kappa shape index (κ1) is 14.0. The summed E-state index contributed by atoms with van der Waals surface area (Å²) in [4.78, 5) is 4.88. The van der Waals surface area contributed by atoms with Crippen molar-refractivity contribution in [2.75, 3.05) is 5.32 Å². The van der Waals surface area contributed by atoms with Crippen LogP contribution in [0.2, 0.25) is 0 Å². The first-order chi connectivity index (χ1) is 10.6. The summed E-state index contributed by atoms with van der Waals surface area (Å²) >= 11 is 0. The summed E-state index contributed by atoms with van der Waals surface area (Å²) in [5.41, 5.74) is 9.36. The Balaban J connectivity index is 1.71. The van der Waals surface area contributed by atoms with Gasteiger partial charge in [-0.15, -0.1) is 0 Å². The monoisotopic (exact) mass is 299 g/mol. The molecule has 2 saturated carbocycles. The van der Waals surface area contributed by atoms with Crippen molar-refractivity contribution in [3.63, 3.8) is 0 Å². The summed E-state index contributed by atoms with van der Waals surface area (Å²) in [6.07, 6.45) is 7.87. The fraction of sp³-hybridized carbons (Fsp3) is 0.647. The van der Waals surface area contributed by atoms with Crippen LogP contribution in [0.25, 0.3) is 5.65 Å². The Kier molecular flexibility index (Phi) is 3.33. The summed E-state index contributed by atoms with van der Waals surface area (Å²) in [6.45, 7) is 4.38. The lowest BCUT2D eigenvalue weighted by Crippen LogP contribution is -2.22. The van der Waals surface area contributed by atoms with Crippen molar-refractivity contribution in [3.05, 3.63) is 23.5 Å². The van der Waals surface area contributed by atoms with Gasteiger partial charge in [0.05, 0.1) is 6.20 Å². The molecule has 3 atom stereocenters. The van der Waals surface area contributed by atoms with Gasteiger partial charge in [0.25, 0.3) is 0 Å². The largest absolute Gasteiger partial charge is 0.367 e. The van der Waals surface area contributed by atoms with Gasteiger partial charge >= 0.3 is 0 Å². The normalized spacial score (nSPS) is 26.5. The minimum atomic E-state index is 0.332. The van der Waals surface area contributed by atoms with E-state index >= 15 is 0 Å². The molecular formula is C17H25N5. The second kappa shape index (κ2) is 5.23. The van der Waals surface area contributed by atoms with Crippen molar-refractivity contribution in [3.8, 4) is 0 Å². The van der Waals surface area contributed by atoms with Crippen LogP contribution >= 0.6 is 0 Å². The van der Waals surface area contributed by atoms with Crippen molar-refractivity contribution >= 4 is 11.5 Å². The molecule has 5 heteroatoms. The van der Waals surface area contributed by atoms with Crippen LogP contribution in [0.3, 0.4) is 0 Å². The minimum Gasteiger partial charge on any atom is -0.367 e. The van der Waals surface area contributed by atoms with E-state index in [1.54, 1.807) is 0 Å². The molecule has 118 valence electrons. The van der Waals surface area contributed by atoms with Crippen LogP contribution in [0.1, 0.15) is 56.2 Å². The fourth-order valence-electron chi connectivity index (χ4n) is 3.62. The molecule has 4 rings (SSSR count). The molecule has 2 aromatic rings. The molecule has 22 heavy (non-hydrogen) atoms. The topological polar surface area (TPSA) is 68.2 Å². The molecule has 2 aromatic heterocycles. The van der Waals surface area contributed by atoms with Gasteiger partial charge in [0.2, 0.25) is 0 Å². The van der Waals surface area contributed by atoms with Gasteiger partial charge in [0.1, 0.15) is 5.82 Å². The van der Waals surface area contributed by atoms with Crippen molar-refractivity contribution in [1.29, 1.82) is 0 Å². The number of fused-ring (bicyclic) bond motifs is 1. The number of hydrogen-bond acceptors (Lipinski definition) is 4. The van der Waals surface area contributed by atoms with Crippen LogP contribution in [-0.2, 0) is 0 Å². The van der Waals surface area contributed by atoms with E-state index in [0.29, 0.717) is 18.0 Å².